The van der Waals surface area contributed by atoms with Crippen LogP contribution in [0.15, 0.2) is 38.6 Å². The van der Waals surface area contributed by atoms with Gasteiger partial charge in [-0.2, -0.15) is 0 Å². The van der Waals surface area contributed by atoms with Gasteiger partial charge in [-0.25, -0.2) is 0 Å². The molecule has 0 unspecified atom stereocenters. The number of para-hydroxylation sites is 1. The van der Waals surface area contributed by atoms with Crippen molar-refractivity contribution in [2.75, 3.05) is 0 Å². The summed E-state index contributed by atoms with van der Waals surface area (Å²) in [4.78, 5) is 12.0. The second kappa shape index (κ2) is 5.80. The smallest absolute Gasteiger partial charge is 0.153 e. The zero-order valence-electron chi connectivity index (χ0n) is 8.65. The highest BCUT2D eigenvalue weighted by atomic mass is 79.9. The van der Waals surface area contributed by atoms with E-state index in [1.54, 1.807) is 17.4 Å². The van der Waals surface area contributed by atoms with Crippen molar-refractivity contribution in [3.8, 4) is 5.75 Å². The second-order valence-corrected chi connectivity index (χ2v) is 6.06. The van der Waals surface area contributed by atoms with E-state index in [4.69, 9.17) is 4.74 Å². The molecule has 5 heteroatoms. The lowest BCUT2D eigenvalue weighted by atomic mass is 10.2. The monoisotopic (exact) mass is 374 g/mol. The predicted molar refractivity (Wildman–Crippen MR) is 75.9 cm³/mol. The van der Waals surface area contributed by atoms with Gasteiger partial charge in [0.25, 0.3) is 0 Å². The van der Waals surface area contributed by atoms with Crippen molar-refractivity contribution in [1.29, 1.82) is 0 Å². The summed E-state index contributed by atoms with van der Waals surface area (Å²) in [7, 11) is 0. The number of hydrogen-bond acceptors (Lipinski definition) is 3. The maximum absolute atomic E-state index is 10.9. The fourth-order valence-corrected chi connectivity index (χ4v) is 3.20. The highest BCUT2D eigenvalue weighted by Gasteiger charge is 2.08. The third-order valence-corrected chi connectivity index (χ3v) is 4.40. The van der Waals surface area contributed by atoms with E-state index in [-0.39, 0.29) is 0 Å². The molecule has 17 heavy (non-hydrogen) atoms. The first-order chi connectivity index (χ1) is 8.20. The van der Waals surface area contributed by atoms with E-state index in [0.717, 1.165) is 20.1 Å². The molecule has 0 radical (unpaired) electrons. The van der Waals surface area contributed by atoms with E-state index in [9.17, 15) is 4.79 Å². The largest absolute Gasteiger partial charge is 0.486 e. The van der Waals surface area contributed by atoms with Crippen LogP contribution in [-0.2, 0) is 6.61 Å². The van der Waals surface area contributed by atoms with E-state index < -0.39 is 0 Å². The lowest BCUT2D eigenvalue weighted by Gasteiger charge is -2.09. The molecule has 2 rings (SSSR count). The van der Waals surface area contributed by atoms with Gasteiger partial charge in [-0.05, 0) is 50.1 Å². The van der Waals surface area contributed by atoms with Crippen molar-refractivity contribution in [1.82, 2.24) is 0 Å². The van der Waals surface area contributed by atoms with Crippen LogP contribution < -0.4 is 4.74 Å². The van der Waals surface area contributed by atoms with Crippen LogP contribution in [0.25, 0.3) is 0 Å². The second-order valence-electron chi connectivity index (χ2n) is 3.30. The molecule has 0 amide bonds. The minimum absolute atomic E-state index is 0.458. The molecule has 2 aromatic rings. The van der Waals surface area contributed by atoms with Crippen LogP contribution in [0.5, 0.6) is 5.75 Å². The number of aldehydes is 1. The van der Waals surface area contributed by atoms with Gasteiger partial charge in [-0.3, -0.25) is 4.79 Å². The van der Waals surface area contributed by atoms with Crippen molar-refractivity contribution in [2.24, 2.45) is 0 Å². The lowest BCUT2D eigenvalue weighted by molar-refractivity contribution is 0.111. The summed E-state index contributed by atoms with van der Waals surface area (Å²) in [5.41, 5.74) is 0.551. The Morgan fingerprint density at radius 3 is 2.82 bits per heavy atom. The number of carbonyl (C=O) groups is 1. The highest BCUT2D eigenvalue weighted by molar-refractivity contribution is 9.10. The van der Waals surface area contributed by atoms with Gasteiger partial charge in [0, 0.05) is 14.7 Å². The maximum Gasteiger partial charge on any atom is 0.153 e. The van der Waals surface area contributed by atoms with Gasteiger partial charge in [0.2, 0.25) is 0 Å². The molecule has 0 atom stereocenters. The summed E-state index contributed by atoms with van der Waals surface area (Å²) in [6.45, 7) is 0.458. The Kier molecular flexibility index (Phi) is 4.36. The van der Waals surface area contributed by atoms with Crippen molar-refractivity contribution >= 4 is 49.5 Å². The summed E-state index contributed by atoms with van der Waals surface area (Å²) >= 11 is 8.38. The summed E-state index contributed by atoms with van der Waals surface area (Å²) in [5.74, 6) is 0.590. The molecule has 1 aromatic carbocycles. The van der Waals surface area contributed by atoms with Gasteiger partial charge in [0.1, 0.15) is 12.4 Å². The quantitative estimate of drug-likeness (QED) is 0.726. The summed E-state index contributed by atoms with van der Waals surface area (Å²) in [6, 6.07) is 7.40. The number of rotatable bonds is 4. The van der Waals surface area contributed by atoms with Crippen LogP contribution in [0.1, 0.15) is 15.2 Å². The molecule has 0 spiro atoms. The summed E-state index contributed by atoms with van der Waals surface area (Å²) < 4.78 is 7.50. The van der Waals surface area contributed by atoms with Crippen LogP contribution in [0.2, 0.25) is 0 Å². The fraction of sp³-hybridized carbons (Fsp3) is 0.0833. The van der Waals surface area contributed by atoms with Gasteiger partial charge < -0.3 is 4.74 Å². The van der Waals surface area contributed by atoms with E-state index >= 15 is 0 Å². The van der Waals surface area contributed by atoms with Crippen molar-refractivity contribution < 1.29 is 9.53 Å². The molecule has 0 N–H and O–H groups in total. The first-order valence-electron chi connectivity index (χ1n) is 4.80. The molecule has 0 fully saturated rings. The molecule has 1 aromatic heterocycles. The van der Waals surface area contributed by atoms with Gasteiger partial charge in [-0.15, -0.1) is 11.3 Å². The van der Waals surface area contributed by atoms with Crippen LogP contribution in [-0.4, -0.2) is 6.29 Å². The third-order valence-electron chi connectivity index (χ3n) is 2.10. The predicted octanol–water partition coefficient (Wildman–Crippen LogP) is 4.66. The van der Waals surface area contributed by atoms with Crippen molar-refractivity contribution in [3.05, 3.63) is 49.0 Å². The Hall–Kier alpha value is -0.650. The van der Waals surface area contributed by atoms with Crippen LogP contribution >= 0.6 is 43.2 Å². The average Bonchev–Trinajstić information content (AvgIpc) is 2.73. The van der Waals surface area contributed by atoms with Crippen LogP contribution in [0.4, 0.5) is 0 Å². The molecule has 0 aliphatic heterocycles. The standard InChI is InChI=1S/C12H8Br2O2S/c13-9-4-10(17-7-9)6-16-12-8(5-15)2-1-3-11(12)14/h1-5,7H,6H2. The number of benzene rings is 1. The van der Waals surface area contributed by atoms with Crippen LogP contribution in [0.3, 0.4) is 0 Å². The third kappa shape index (κ3) is 3.18. The first-order valence-corrected chi connectivity index (χ1v) is 7.26. The minimum atomic E-state index is 0.458. The number of hydrogen-bond donors (Lipinski definition) is 0. The number of carbonyl (C=O) groups excluding carboxylic acids is 1. The number of halogens is 2. The number of thiophene rings is 1. The highest BCUT2D eigenvalue weighted by Crippen LogP contribution is 2.29. The molecular formula is C12H8Br2O2S. The SMILES string of the molecule is O=Cc1cccc(Br)c1OCc1cc(Br)cs1. The molecular weight excluding hydrogens is 368 g/mol. The topological polar surface area (TPSA) is 26.3 Å². The van der Waals surface area contributed by atoms with E-state index in [0.29, 0.717) is 17.9 Å². The van der Waals surface area contributed by atoms with Gasteiger partial charge >= 0.3 is 0 Å². The van der Waals surface area contributed by atoms with Gasteiger partial charge in [0.05, 0.1) is 10.0 Å². The Balaban J connectivity index is 2.16. The van der Waals surface area contributed by atoms with Crippen molar-refractivity contribution in [2.45, 2.75) is 6.61 Å². The number of ether oxygens (including phenoxy) is 1. The van der Waals surface area contributed by atoms with E-state index in [1.165, 1.54) is 0 Å². The summed E-state index contributed by atoms with van der Waals surface area (Å²) in [5, 5.41) is 2.00. The molecule has 0 bridgehead atoms. The normalized spacial score (nSPS) is 10.2. The van der Waals surface area contributed by atoms with E-state index in [2.05, 4.69) is 31.9 Å². The molecule has 1 heterocycles. The zero-order valence-corrected chi connectivity index (χ0v) is 12.6. The zero-order chi connectivity index (χ0) is 12.3. The Morgan fingerprint density at radius 2 is 2.18 bits per heavy atom. The maximum atomic E-state index is 10.9. The van der Waals surface area contributed by atoms with E-state index in [1.807, 2.05) is 23.6 Å². The van der Waals surface area contributed by atoms with Crippen molar-refractivity contribution in [3.63, 3.8) is 0 Å². The molecule has 0 saturated heterocycles. The molecule has 0 aliphatic rings. The lowest BCUT2D eigenvalue weighted by Crippen LogP contribution is -1.97. The fourth-order valence-electron chi connectivity index (χ4n) is 1.34. The Bertz CT molecular complexity index is 537. The average molecular weight is 376 g/mol. The molecule has 0 aliphatic carbocycles. The van der Waals surface area contributed by atoms with Gasteiger partial charge in [0.15, 0.2) is 6.29 Å². The molecule has 88 valence electrons. The minimum Gasteiger partial charge on any atom is -0.486 e. The summed E-state index contributed by atoms with van der Waals surface area (Å²) in [6.07, 6.45) is 0.796. The Labute approximate surface area is 120 Å². The Morgan fingerprint density at radius 1 is 1.35 bits per heavy atom. The molecule has 0 saturated carbocycles. The molecule has 2 nitrogen and oxygen atoms in total. The van der Waals surface area contributed by atoms with Crippen LogP contribution in [0, 0.1) is 0 Å². The van der Waals surface area contributed by atoms with Gasteiger partial charge in [-0.1, -0.05) is 6.07 Å². The first kappa shape index (κ1) is 12.8.